The summed E-state index contributed by atoms with van der Waals surface area (Å²) in [6.07, 6.45) is -2.57. The van der Waals surface area contributed by atoms with E-state index in [2.05, 4.69) is 22.2 Å². The standard InChI is InChI=1S/C13H17F3N6/c1-8-3-2-6-21(9(8)7-17)11-5-4-10-18-19-12(13(14,15)16)22(10)20-11/h4-5,8-9H,2-3,6-7,17H2,1H3. The fourth-order valence-corrected chi connectivity index (χ4v) is 3.00. The van der Waals surface area contributed by atoms with Crippen molar-refractivity contribution in [3.8, 4) is 0 Å². The molecule has 1 aliphatic heterocycles. The molecule has 1 aliphatic rings. The smallest absolute Gasteiger partial charge is 0.351 e. The predicted molar refractivity (Wildman–Crippen MR) is 74.4 cm³/mol. The molecule has 0 amide bonds. The Morgan fingerprint density at radius 3 is 2.77 bits per heavy atom. The number of aromatic nitrogens is 4. The third kappa shape index (κ3) is 2.49. The molecule has 0 spiro atoms. The van der Waals surface area contributed by atoms with Gasteiger partial charge in [0.05, 0.1) is 0 Å². The number of fused-ring (bicyclic) bond motifs is 1. The number of nitrogens with two attached hydrogens (primary N) is 1. The first kappa shape index (κ1) is 15.0. The minimum atomic E-state index is -4.59. The minimum Gasteiger partial charge on any atom is -0.351 e. The molecule has 0 aromatic carbocycles. The zero-order chi connectivity index (χ0) is 15.9. The number of hydrogen-bond donors (Lipinski definition) is 1. The van der Waals surface area contributed by atoms with Crippen LogP contribution in [-0.4, -0.2) is 38.9 Å². The number of rotatable bonds is 2. The van der Waals surface area contributed by atoms with Crippen molar-refractivity contribution in [2.75, 3.05) is 18.0 Å². The molecular formula is C13H17F3N6. The number of nitrogens with zero attached hydrogens (tertiary/aromatic N) is 5. The molecule has 6 nitrogen and oxygen atoms in total. The largest absolute Gasteiger partial charge is 0.453 e. The van der Waals surface area contributed by atoms with Gasteiger partial charge >= 0.3 is 6.18 Å². The van der Waals surface area contributed by atoms with E-state index in [1.54, 1.807) is 6.07 Å². The fraction of sp³-hybridized carbons (Fsp3) is 0.615. The lowest BCUT2D eigenvalue weighted by atomic mass is 9.91. The first-order valence-corrected chi connectivity index (χ1v) is 7.18. The van der Waals surface area contributed by atoms with Gasteiger partial charge in [-0.3, -0.25) is 0 Å². The van der Waals surface area contributed by atoms with E-state index < -0.39 is 12.0 Å². The monoisotopic (exact) mass is 314 g/mol. The number of halogens is 3. The minimum absolute atomic E-state index is 0.0736. The second-order valence-electron chi connectivity index (χ2n) is 5.60. The molecular weight excluding hydrogens is 297 g/mol. The van der Waals surface area contributed by atoms with Gasteiger partial charge in [0.15, 0.2) is 5.65 Å². The van der Waals surface area contributed by atoms with Gasteiger partial charge in [-0.25, -0.2) is 0 Å². The third-order valence-corrected chi connectivity index (χ3v) is 4.15. The summed E-state index contributed by atoms with van der Waals surface area (Å²) in [5.74, 6) is -0.266. The summed E-state index contributed by atoms with van der Waals surface area (Å²) in [7, 11) is 0. The van der Waals surface area contributed by atoms with Gasteiger partial charge in [0, 0.05) is 19.1 Å². The highest BCUT2D eigenvalue weighted by molar-refractivity contribution is 5.47. The van der Waals surface area contributed by atoms with Crippen LogP contribution in [0.15, 0.2) is 12.1 Å². The summed E-state index contributed by atoms with van der Waals surface area (Å²) < 4.78 is 39.6. The van der Waals surface area contributed by atoms with Crippen LogP contribution in [0.2, 0.25) is 0 Å². The molecule has 9 heteroatoms. The van der Waals surface area contributed by atoms with Crippen LogP contribution < -0.4 is 10.6 Å². The van der Waals surface area contributed by atoms with Crippen molar-refractivity contribution in [1.82, 2.24) is 19.8 Å². The molecule has 0 bridgehead atoms. The van der Waals surface area contributed by atoms with Gasteiger partial charge in [0.25, 0.3) is 5.82 Å². The predicted octanol–water partition coefficient (Wildman–Crippen LogP) is 1.71. The molecule has 3 heterocycles. The van der Waals surface area contributed by atoms with Crippen molar-refractivity contribution in [2.45, 2.75) is 32.0 Å². The average Bonchev–Trinajstić information content (AvgIpc) is 2.89. The molecule has 22 heavy (non-hydrogen) atoms. The first-order valence-electron chi connectivity index (χ1n) is 7.18. The molecule has 2 aromatic heterocycles. The van der Waals surface area contributed by atoms with Crippen LogP contribution in [-0.2, 0) is 6.18 Å². The maximum absolute atomic E-state index is 12.9. The zero-order valence-electron chi connectivity index (χ0n) is 12.1. The van der Waals surface area contributed by atoms with Crippen molar-refractivity contribution < 1.29 is 13.2 Å². The molecule has 2 aromatic rings. The van der Waals surface area contributed by atoms with Gasteiger partial charge in [0.2, 0.25) is 0 Å². The van der Waals surface area contributed by atoms with Gasteiger partial charge in [-0.2, -0.15) is 17.7 Å². The highest BCUT2D eigenvalue weighted by Crippen LogP contribution is 2.30. The number of alkyl halides is 3. The van der Waals surface area contributed by atoms with Gasteiger partial charge in [0.1, 0.15) is 5.82 Å². The summed E-state index contributed by atoms with van der Waals surface area (Å²) in [5, 5.41) is 10.8. The lowest BCUT2D eigenvalue weighted by Crippen LogP contribution is -2.49. The Balaban J connectivity index is 2.04. The van der Waals surface area contributed by atoms with Gasteiger partial charge in [-0.1, -0.05) is 6.92 Å². The molecule has 2 atom stereocenters. The molecule has 2 N–H and O–H groups in total. The van der Waals surface area contributed by atoms with E-state index >= 15 is 0 Å². The normalized spacial score (nSPS) is 23.2. The van der Waals surface area contributed by atoms with Crippen molar-refractivity contribution in [3.63, 3.8) is 0 Å². The van der Waals surface area contributed by atoms with E-state index in [9.17, 15) is 13.2 Å². The van der Waals surface area contributed by atoms with Gasteiger partial charge < -0.3 is 10.6 Å². The van der Waals surface area contributed by atoms with Gasteiger partial charge in [-0.05, 0) is 30.9 Å². The molecule has 0 radical (unpaired) electrons. The Hall–Kier alpha value is -1.90. The average molecular weight is 314 g/mol. The Morgan fingerprint density at radius 1 is 1.32 bits per heavy atom. The van der Waals surface area contributed by atoms with E-state index in [-0.39, 0.29) is 11.7 Å². The third-order valence-electron chi connectivity index (χ3n) is 4.15. The Kier molecular flexibility index (Phi) is 3.67. The molecule has 1 saturated heterocycles. The van der Waals surface area contributed by atoms with Crippen LogP contribution >= 0.6 is 0 Å². The summed E-state index contributed by atoms with van der Waals surface area (Å²) in [5.41, 5.74) is 5.91. The van der Waals surface area contributed by atoms with Crippen LogP contribution in [0.4, 0.5) is 19.0 Å². The lowest BCUT2D eigenvalue weighted by Gasteiger charge is -2.40. The highest BCUT2D eigenvalue weighted by Gasteiger charge is 2.38. The van der Waals surface area contributed by atoms with Crippen molar-refractivity contribution >= 4 is 11.5 Å². The molecule has 0 saturated carbocycles. The highest BCUT2D eigenvalue weighted by atomic mass is 19.4. The fourth-order valence-electron chi connectivity index (χ4n) is 3.00. The number of anilines is 1. The number of piperidine rings is 1. The molecule has 1 fully saturated rings. The Labute approximate surface area is 125 Å². The van der Waals surface area contributed by atoms with Crippen molar-refractivity contribution in [1.29, 1.82) is 0 Å². The van der Waals surface area contributed by atoms with E-state index in [1.807, 2.05) is 4.90 Å². The zero-order valence-corrected chi connectivity index (χ0v) is 12.1. The van der Waals surface area contributed by atoms with E-state index in [0.717, 1.165) is 23.9 Å². The number of hydrogen-bond acceptors (Lipinski definition) is 5. The molecule has 2 unspecified atom stereocenters. The van der Waals surface area contributed by atoms with Crippen LogP contribution in [0.1, 0.15) is 25.6 Å². The van der Waals surface area contributed by atoms with Crippen molar-refractivity contribution in [2.24, 2.45) is 11.7 Å². The van der Waals surface area contributed by atoms with E-state index in [1.165, 1.54) is 6.07 Å². The van der Waals surface area contributed by atoms with Crippen LogP contribution in [0.5, 0.6) is 0 Å². The van der Waals surface area contributed by atoms with Gasteiger partial charge in [-0.15, -0.1) is 15.3 Å². The molecule has 120 valence electrons. The van der Waals surface area contributed by atoms with Crippen LogP contribution in [0.3, 0.4) is 0 Å². The molecule has 3 rings (SSSR count). The summed E-state index contributed by atoms with van der Waals surface area (Å²) >= 11 is 0. The Bertz CT molecular complexity index is 667. The Morgan fingerprint density at radius 2 is 2.09 bits per heavy atom. The maximum Gasteiger partial charge on any atom is 0.453 e. The lowest BCUT2D eigenvalue weighted by molar-refractivity contribution is -0.146. The quantitative estimate of drug-likeness (QED) is 0.913. The first-order chi connectivity index (χ1) is 10.4. The topological polar surface area (TPSA) is 72.3 Å². The van der Waals surface area contributed by atoms with E-state index in [0.29, 0.717) is 18.3 Å². The SMILES string of the molecule is CC1CCCN(c2ccc3nnc(C(F)(F)F)n3n2)C1CN. The van der Waals surface area contributed by atoms with E-state index in [4.69, 9.17) is 5.73 Å². The maximum atomic E-state index is 12.9. The summed E-state index contributed by atoms with van der Waals surface area (Å²) in [6, 6.07) is 3.24. The van der Waals surface area contributed by atoms with Crippen molar-refractivity contribution in [3.05, 3.63) is 18.0 Å². The van der Waals surface area contributed by atoms with Crippen LogP contribution in [0, 0.1) is 5.92 Å². The van der Waals surface area contributed by atoms with Crippen LogP contribution in [0.25, 0.3) is 5.65 Å². The summed E-state index contributed by atoms with van der Waals surface area (Å²) in [6.45, 7) is 3.27. The summed E-state index contributed by atoms with van der Waals surface area (Å²) in [4.78, 5) is 1.98. The second-order valence-corrected chi connectivity index (χ2v) is 5.60. The second kappa shape index (κ2) is 5.38. The molecule has 0 aliphatic carbocycles.